The topological polar surface area (TPSA) is 82.5 Å². The quantitative estimate of drug-likeness (QED) is 0.745. The lowest BCUT2D eigenvalue weighted by Crippen LogP contribution is -2.58. The van der Waals surface area contributed by atoms with E-state index in [1.165, 1.54) is 6.20 Å². The fraction of sp³-hybridized carbons (Fsp3) is 0.458. The minimum atomic E-state index is -0.972. The highest BCUT2D eigenvalue weighted by Crippen LogP contribution is 2.62. The van der Waals surface area contributed by atoms with E-state index in [2.05, 4.69) is 10.3 Å². The highest BCUT2D eigenvalue weighted by Gasteiger charge is 2.62. The molecule has 1 aromatic heterocycles. The molecule has 2 heterocycles. The van der Waals surface area contributed by atoms with Crippen LogP contribution >= 0.6 is 11.6 Å². The number of piperidine rings is 1. The van der Waals surface area contributed by atoms with Crippen molar-refractivity contribution in [2.45, 2.75) is 44.8 Å². The molecule has 1 saturated heterocycles. The summed E-state index contributed by atoms with van der Waals surface area (Å²) in [5.74, 6) is -0.479. The van der Waals surface area contributed by atoms with Crippen LogP contribution in [-0.4, -0.2) is 45.9 Å². The number of carbonyl (C=O) groups is 2. The predicted octanol–water partition coefficient (Wildman–Crippen LogP) is 3.39. The van der Waals surface area contributed by atoms with Crippen molar-refractivity contribution in [1.29, 1.82) is 0 Å². The molecule has 2 atom stereocenters. The normalized spacial score (nSPS) is 22.9. The molecule has 6 nitrogen and oxygen atoms in total. The van der Waals surface area contributed by atoms with E-state index in [-0.39, 0.29) is 23.1 Å². The lowest BCUT2D eigenvalue weighted by molar-refractivity contribution is -0.146. The number of nitrogens with one attached hydrogen (secondary N) is 1. The van der Waals surface area contributed by atoms with E-state index in [9.17, 15) is 14.7 Å². The van der Waals surface area contributed by atoms with E-state index in [0.717, 1.165) is 18.4 Å². The maximum absolute atomic E-state index is 13.4. The van der Waals surface area contributed by atoms with Gasteiger partial charge in [0.05, 0.1) is 11.2 Å². The van der Waals surface area contributed by atoms with Gasteiger partial charge in [-0.3, -0.25) is 14.6 Å². The van der Waals surface area contributed by atoms with Crippen LogP contribution < -0.4 is 5.32 Å². The van der Waals surface area contributed by atoms with Crippen LogP contribution in [0.3, 0.4) is 0 Å². The molecule has 31 heavy (non-hydrogen) atoms. The summed E-state index contributed by atoms with van der Waals surface area (Å²) in [7, 11) is 0. The van der Waals surface area contributed by atoms with Crippen molar-refractivity contribution < 1.29 is 14.7 Å². The fourth-order valence-corrected chi connectivity index (χ4v) is 4.78. The van der Waals surface area contributed by atoms with Crippen molar-refractivity contribution in [2.24, 2.45) is 11.3 Å². The van der Waals surface area contributed by atoms with Gasteiger partial charge in [0.2, 0.25) is 5.91 Å². The number of benzene rings is 1. The first kappa shape index (κ1) is 21.8. The maximum Gasteiger partial charge on any atom is 0.253 e. The highest BCUT2D eigenvalue weighted by atomic mass is 35.5. The first-order chi connectivity index (χ1) is 14.8. The van der Waals surface area contributed by atoms with Gasteiger partial charge in [0.15, 0.2) is 0 Å². The Bertz CT molecular complexity index is 960. The van der Waals surface area contributed by atoms with Crippen LogP contribution in [0.2, 0.25) is 5.02 Å². The number of aliphatic hydroxyl groups is 1. The standard InChI is InChI=1S/C24H28ClN3O3/c1-16(2)20(27-21(29)17-4-3-12-26-14-17)22(30)28-13-11-24(31,23(15-28)9-10-23)18-5-7-19(25)8-6-18/h3-8,12,14,16,20,31H,9-11,13,15H2,1-2H3,(H,27,29)/t20-,24?/m1/s1. The Labute approximate surface area is 187 Å². The third kappa shape index (κ3) is 4.06. The summed E-state index contributed by atoms with van der Waals surface area (Å²) in [6, 6.07) is 10.1. The van der Waals surface area contributed by atoms with Gasteiger partial charge in [-0.2, -0.15) is 0 Å². The van der Waals surface area contributed by atoms with Crippen LogP contribution in [0.25, 0.3) is 0 Å². The van der Waals surface area contributed by atoms with Crippen LogP contribution in [0.5, 0.6) is 0 Å². The highest BCUT2D eigenvalue weighted by molar-refractivity contribution is 6.30. The number of halogens is 1. The number of nitrogens with zero attached hydrogens (tertiary/aromatic N) is 2. The maximum atomic E-state index is 13.4. The summed E-state index contributed by atoms with van der Waals surface area (Å²) in [5.41, 5.74) is -0.0354. The van der Waals surface area contributed by atoms with Crippen molar-refractivity contribution in [3.63, 3.8) is 0 Å². The smallest absolute Gasteiger partial charge is 0.253 e. The molecule has 7 heteroatoms. The second-order valence-electron chi connectivity index (χ2n) is 9.09. The number of likely N-dealkylation sites (tertiary alicyclic amines) is 1. The largest absolute Gasteiger partial charge is 0.384 e. The lowest BCUT2D eigenvalue weighted by Gasteiger charge is -2.46. The summed E-state index contributed by atoms with van der Waals surface area (Å²) >= 11 is 6.02. The average molecular weight is 442 g/mol. The summed E-state index contributed by atoms with van der Waals surface area (Å²) < 4.78 is 0. The van der Waals surface area contributed by atoms with Gasteiger partial charge in [0, 0.05) is 35.9 Å². The number of hydrogen-bond donors (Lipinski definition) is 2. The summed E-state index contributed by atoms with van der Waals surface area (Å²) in [4.78, 5) is 31.8. The Kier molecular flexibility index (Phi) is 5.79. The Morgan fingerprint density at radius 3 is 2.45 bits per heavy atom. The van der Waals surface area contributed by atoms with Crippen LogP contribution in [-0.2, 0) is 10.4 Å². The van der Waals surface area contributed by atoms with Crippen LogP contribution in [0.1, 0.15) is 49.0 Å². The van der Waals surface area contributed by atoms with Gasteiger partial charge in [0.1, 0.15) is 6.04 Å². The zero-order chi connectivity index (χ0) is 22.2. The molecule has 2 aliphatic rings. The molecule has 2 fully saturated rings. The fourth-order valence-electron chi connectivity index (χ4n) is 4.66. The van der Waals surface area contributed by atoms with Crippen molar-refractivity contribution in [1.82, 2.24) is 15.2 Å². The zero-order valence-electron chi connectivity index (χ0n) is 17.8. The molecular weight excluding hydrogens is 414 g/mol. The van der Waals surface area contributed by atoms with E-state index in [1.807, 2.05) is 30.9 Å². The third-order valence-corrected chi connectivity index (χ3v) is 7.00. The van der Waals surface area contributed by atoms with Gasteiger partial charge < -0.3 is 15.3 Å². The number of amides is 2. The van der Waals surface area contributed by atoms with E-state index in [1.54, 1.807) is 30.5 Å². The molecule has 1 unspecified atom stereocenters. The van der Waals surface area contributed by atoms with E-state index in [0.29, 0.717) is 30.1 Å². The number of aromatic nitrogens is 1. The van der Waals surface area contributed by atoms with Crippen molar-refractivity contribution in [2.75, 3.05) is 13.1 Å². The second-order valence-corrected chi connectivity index (χ2v) is 9.53. The molecule has 1 aromatic carbocycles. The molecule has 1 saturated carbocycles. The van der Waals surface area contributed by atoms with Crippen molar-refractivity contribution in [3.05, 3.63) is 64.9 Å². The minimum Gasteiger partial charge on any atom is -0.384 e. The summed E-state index contributed by atoms with van der Waals surface area (Å²) in [6.07, 6.45) is 5.28. The number of pyridine rings is 1. The SMILES string of the molecule is CC(C)[C@@H](NC(=O)c1cccnc1)C(=O)N1CCC(O)(c2ccc(Cl)cc2)C2(CC2)C1. The molecule has 1 spiro atoms. The summed E-state index contributed by atoms with van der Waals surface area (Å²) in [5, 5.41) is 15.1. The van der Waals surface area contributed by atoms with Gasteiger partial charge in [-0.05, 0) is 55.0 Å². The van der Waals surface area contributed by atoms with Crippen molar-refractivity contribution in [3.8, 4) is 0 Å². The van der Waals surface area contributed by atoms with Gasteiger partial charge >= 0.3 is 0 Å². The van der Waals surface area contributed by atoms with Gasteiger partial charge in [-0.25, -0.2) is 0 Å². The Balaban J connectivity index is 1.50. The molecule has 164 valence electrons. The Hall–Kier alpha value is -2.44. The first-order valence-corrected chi connectivity index (χ1v) is 11.1. The number of carbonyl (C=O) groups excluding carboxylic acids is 2. The Morgan fingerprint density at radius 1 is 1.16 bits per heavy atom. The van der Waals surface area contributed by atoms with Crippen LogP contribution in [0.4, 0.5) is 0 Å². The molecular formula is C24H28ClN3O3. The molecule has 1 aliphatic heterocycles. The Morgan fingerprint density at radius 2 is 1.87 bits per heavy atom. The summed E-state index contributed by atoms with van der Waals surface area (Å²) in [6.45, 7) is 4.77. The molecule has 4 rings (SSSR count). The van der Waals surface area contributed by atoms with Crippen LogP contribution in [0, 0.1) is 11.3 Å². The molecule has 2 aromatic rings. The minimum absolute atomic E-state index is 0.0691. The number of hydrogen-bond acceptors (Lipinski definition) is 4. The molecule has 2 amide bonds. The van der Waals surface area contributed by atoms with Crippen molar-refractivity contribution >= 4 is 23.4 Å². The third-order valence-electron chi connectivity index (χ3n) is 6.74. The molecule has 0 bridgehead atoms. The molecule has 0 radical (unpaired) electrons. The predicted molar refractivity (Wildman–Crippen MR) is 119 cm³/mol. The van der Waals surface area contributed by atoms with Gasteiger partial charge in [-0.15, -0.1) is 0 Å². The molecule has 2 N–H and O–H groups in total. The number of rotatable bonds is 5. The van der Waals surface area contributed by atoms with E-state index < -0.39 is 11.6 Å². The molecule has 1 aliphatic carbocycles. The van der Waals surface area contributed by atoms with Gasteiger partial charge in [0.25, 0.3) is 5.91 Å². The average Bonchev–Trinajstić information content (AvgIpc) is 3.55. The van der Waals surface area contributed by atoms with Gasteiger partial charge in [-0.1, -0.05) is 37.6 Å². The second kappa shape index (κ2) is 8.24. The van der Waals surface area contributed by atoms with E-state index in [4.69, 9.17) is 11.6 Å². The van der Waals surface area contributed by atoms with Crippen LogP contribution in [0.15, 0.2) is 48.8 Å². The van der Waals surface area contributed by atoms with E-state index >= 15 is 0 Å². The monoisotopic (exact) mass is 441 g/mol. The zero-order valence-corrected chi connectivity index (χ0v) is 18.6. The first-order valence-electron chi connectivity index (χ1n) is 10.7. The lowest BCUT2D eigenvalue weighted by atomic mass is 9.73.